The molecular weight excluding hydrogens is 312 g/mol. The zero-order valence-electron chi connectivity index (χ0n) is 13.2. The van der Waals surface area contributed by atoms with E-state index >= 15 is 0 Å². The lowest BCUT2D eigenvalue weighted by molar-refractivity contribution is -0.123. The highest BCUT2D eigenvalue weighted by Crippen LogP contribution is 2.21. The average Bonchev–Trinajstić information content (AvgIpc) is 3.12. The molecule has 2 amide bonds. The molecular formula is C17H20N2O3S. The van der Waals surface area contributed by atoms with Crippen LogP contribution in [0.3, 0.4) is 0 Å². The van der Waals surface area contributed by atoms with Crippen molar-refractivity contribution in [2.45, 2.75) is 26.2 Å². The van der Waals surface area contributed by atoms with E-state index in [1.54, 1.807) is 17.5 Å². The van der Waals surface area contributed by atoms with Gasteiger partial charge in [0.1, 0.15) is 5.75 Å². The zero-order valence-corrected chi connectivity index (χ0v) is 14.0. The van der Waals surface area contributed by atoms with Crippen molar-refractivity contribution >= 4 is 23.2 Å². The lowest BCUT2D eigenvalue weighted by Gasteiger charge is -2.11. The van der Waals surface area contributed by atoms with Crippen molar-refractivity contribution in [1.29, 1.82) is 0 Å². The molecule has 0 spiro atoms. The van der Waals surface area contributed by atoms with Crippen molar-refractivity contribution < 1.29 is 14.3 Å². The summed E-state index contributed by atoms with van der Waals surface area (Å²) < 4.78 is 5.40. The maximum atomic E-state index is 11.7. The number of rotatable bonds is 6. The van der Waals surface area contributed by atoms with Crippen molar-refractivity contribution in [2.24, 2.45) is 0 Å². The highest BCUT2D eigenvalue weighted by Gasteiger charge is 2.09. The Labute approximate surface area is 139 Å². The molecule has 23 heavy (non-hydrogen) atoms. The van der Waals surface area contributed by atoms with Gasteiger partial charge in [0.15, 0.2) is 6.61 Å². The highest BCUT2D eigenvalue weighted by molar-refractivity contribution is 7.12. The third-order valence-corrected chi connectivity index (χ3v) is 4.36. The van der Waals surface area contributed by atoms with Gasteiger partial charge < -0.3 is 4.74 Å². The van der Waals surface area contributed by atoms with Crippen LogP contribution in [-0.4, -0.2) is 18.4 Å². The molecule has 0 aliphatic rings. The van der Waals surface area contributed by atoms with Crippen LogP contribution in [0.1, 0.15) is 41.4 Å². The smallest absolute Gasteiger partial charge is 0.279 e. The van der Waals surface area contributed by atoms with Gasteiger partial charge in [0.25, 0.3) is 11.8 Å². The summed E-state index contributed by atoms with van der Waals surface area (Å²) in [4.78, 5) is 23.9. The van der Waals surface area contributed by atoms with E-state index in [-0.39, 0.29) is 12.5 Å². The summed E-state index contributed by atoms with van der Waals surface area (Å²) in [5, 5.41) is 1.79. The molecule has 1 aromatic carbocycles. The molecule has 6 heteroatoms. The molecule has 0 saturated carbocycles. The van der Waals surface area contributed by atoms with E-state index in [9.17, 15) is 9.59 Å². The van der Waals surface area contributed by atoms with Crippen LogP contribution in [0, 0.1) is 0 Å². The quantitative estimate of drug-likeness (QED) is 0.799. The first kappa shape index (κ1) is 17.0. The molecule has 2 aromatic rings. The van der Waals surface area contributed by atoms with Crippen LogP contribution >= 0.6 is 11.3 Å². The van der Waals surface area contributed by atoms with Gasteiger partial charge in [-0.3, -0.25) is 20.4 Å². The molecule has 1 heterocycles. The van der Waals surface area contributed by atoms with E-state index < -0.39 is 5.91 Å². The monoisotopic (exact) mass is 332 g/mol. The minimum Gasteiger partial charge on any atom is -0.484 e. The number of carbonyl (C=O) groups excluding carboxylic acids is 2. The van der Waals surface area contributed by atoms with Crippen LogP contribution in [0.25, 0.3) is 0 Å². The van der Waals surface area contributed by atoms with Crippen LogP contribution < -0.4 is 15.6 Å². The topological polar surface area (TPSA) is 67.4 Å². The molecule has 1 aromatic heterocycles. The third kappa shape index (κ3) is 5.10. The highest BCUT2D eigenvalue weighted by atomic mass is 32.1. The Morgan fingerprint density at radius 2 is 1.91 bits per heavy atom. The maximum absolute atomic E-state index is 11.7. The molecule has 2 rings (SSSR count). The normalized spacial score (nSPS) is 11.6. The van der Waals surface area contributed by atoms with Gasteiger partial charge in [0.05, 0.1) is 4.88 Å². The molecule has 122 valence electrons. The molecule has 0 aliphatic carbocycles. The fourth-order valence-corrected chi connectivity index (χ4v) is 2.53. The summed E-state index contributed by atoms with van der Waals surface area (Å²) in [6.07, 6.45) is 1.08. The number of nitrogens with one attached hydrogen (secondary N) is 2. The van der Waals surface area contributed by atoms with Gasteiger partial charge in [-0.2, -0.15) is 0 Å². The SMILES string of the molecule is CC[C@@H](C)c1ccc(OCC(=O)NNC(=O)c2cccs2)cc1. The van der Waals surface area contributed by atoms with Crippen molar-refractivity contribution in [1.82, 2.24) is 10.9 Å². The van der Waals surface area contributed by atoms with Crippen LogP contribution in [0.4, 0.5) is 0 Å². The number of ether oxygens (including phenoxy) is 1. The molecule has 2 N–H and O–H groups in total. The summed E-state index contributed by atoms with van der Waals surface area (Å²) in [5.41, 5.74) is 5.91. The predicted octanol–water partition coefficient (Wildman–Crippen LogP) is 3.10. The van der Waals surface area contributed by atoms with Gasteiger partial charge in [0, 0.05) is 0 Å². The zero-order chi connectivity index (χ0) is 16.7. The molecule has 0 aliphatic heterocycles. The number of hydrogen-bond donors (Lipinski definition) is 2. The number of hydrogen-bond acceptors (Lipinski definition) is 4. The van der Waals surface area contributed by atoms with Crippen molar-refractivity contribution in [3.05, 3.63) is 52.2 Å². The van der Waals surface area contributed by atoms with Crippen LogP contribution in [0.5, 0.6) is 5.75 Å². The standard InChI is InChI=1S/C17H20N2O3S/c1-3-12(2)13-6-8-14(9-7-13)22-11-16(20)18-19-17(21)15-5-4-10-23-15/h4-10,12H,3,11H2,1-2H3,(H,18,20)(H,19,21)/t12-/m1/s1. The van der Waals surface area contributed by atoms with Gasteiger partial charge in [-0.1, -0.05) is 32.0 Å². The lowest BCUT2D eigenvalue weighted by atomic mass is 9.99. The van der Waals surface area contributed by atoms with Gasteiger partial charge in [-0.15, -0.1) is 11.3 Å². The second-order valence-electron chi connectivity index (χ2n) is 5.15. The fraction of sp³-hybridized carbons (Fsp3) is 0.294. The number of hydrazine groups is 1. The minimum absolute atomic E-state index is 0.159. The lowest BCUT2D eigenvalue weighted by Crippen LogP contribution is -2.43. The Hall–Kier alpha value is -2.34. The summed E-state index contributed by atoms with van der Waals surface area (Å²) >= 11 is 1.30. The van der Waals surface area contributed by atoms with E-state index in [2.05, 4.69) is 24.7 Å². The first-order valence-corrected chi connectivity index (χ1v) is 8.33. The average molecular weight is 332 g/mol. The minimum atomic E-state index is -0.416. The van der Waals surface area contributed by atoms with Gasteiger partial charge in [-0.25, -0.2) is 0 Å². The van der Waals surface area contributed by atoms with Gasteiger partial charge >= 0.3 is 0 Å². The van der Waals surface area contributed by atoms with Crippen molar-refractivity contribution in [3.8, 4) is 5.75 Å². The molecule has 0 fully saturated rings. The van der Waals surface area contributed by atoms with Crippen LogP contribution in [0.2, 0.25) is 0 Å². The van der Waals surface area contributed by atoms with E-state index in [4.69, 9.17) is 4.74 Å². The Kier molecular flexibility index (Phi) is 6.17. The molecule has 5 nitrogen and oxygen atoms in total. The fourth-order valence-electron chi connectivity index (χ4n) is 1.91. The third-order valence-electron chi connectivity index (χ3n) is 3.49. The van der Waals surface area contributed by atoms with E-state index in [1.807, 2.05) is 24.3 Å². The predicted molar refractivity (Wildman–Crippen MR) is 90.6 cm³/mol. The Morgan fingerprint density at radius 1 is 1.17 bits per heavy atom. The Morgan fingerprint density at radius 3 is 2.52 bits per heavy atom. The Balaban J connectivity index is 1.75. The van der Waals surface area contributed by atoms with E-state index in [0.29, 0.717) is 16.5 Å². The summed E-state index contributed by atoms with van der Waals surface area (Å²) in [6.45, 7) is 4.15. The molecule has 1 atom stereocenters. The van der Waals surface area contributed by atoms with E-state index in [1.165, 1.54) is 16.9 Å². The molecule has 0 radical (unpaired) electrons. The number of carbonyl (C=O) groups is 2. The molecule has 0 unspecified atom stereocenters. The molecule has 0 bridgehead atoms. The summed E-state index contributed by atoms with van der Waals surface area (Å²) in [5.74, 6) is 0.365. The number of amides is 2. The first-order chi connectivity index (χ1) is 11.1. The van der Waals surface area contributed by atoms with Crippen LogP contribution in [-0.2, 0) is 4.79 Å². The second kappa shape index (κ2) is 8.33. The molecule has 0 saturated heterocycles. The summed E-state index contributed by atoms with van der Waals surface area (Å²) in [6, 6.07) is 11.1. The van der Waals surface area contributed by atoms with E-state index in [0.717, 1.165) is 6.42 Å². The van der Waals surface area contributed by atoms with Crippen molar-refractivity contribution in [3.63, 3.8) is 0 Å². The largest absolute Gasteiger partial charge is 0.484 e. The number of benzene rings is 1. The first-order valence-electron chi connectivity index (χ1n) is 7.45. The van der Waals surface area contributed by atoms with Crippen molar-refractivity contribution in [2.75, 3.05) is 6.61 Å². The number of thiophene rings is 1. The van der Waals surface area contributed by atoms with Crippen LogP contribution in [0.15, 0.2) is 41.8 Å². The summed E-state index contributed by atoms with van der Waals surface area (Å²) in [7, 11) is 0. The second-order valence-corrected chi connectivity index (χ2v) is 6.09. The Bertz CT molecular complexity index is 638. The van der Waals surface area contributed by atoms with Gasteiger partial charge in [0.2, 0.25) is 0 Å². The van der Waals surface area contributed by atoms with Gasteiger partial charge in [-0.05, 0) is 41.5 Å². The maximum Gasteiger partial charge on any atom is 0.279 e.